The number of rotatable bonds is 8. The average molecular weight is 318 g/mol. The quantitative estimate of drug-likeness (QED) is 0.506. The number of hydrogen-bond donors (Lipinski definition) is 0. The minimum absolute atomic E-state index is 0.441. The van der Waals surface area contributed by atoms with Crippen LogP contribution in [0, 0.1) is 0 Å². The third-order valence-corrected chi connectivity index (χ3v) is 1.80. The van der Waals surface area contributed by atoms with Gasteiger partial charge in [-0.15, -0.1) is 0 Å². The maximum absolute atomic E-state index is 5.36. The van der Waals surface area contributed by atoms with Crippen molar-refractivity contribution in [3.63, 3.8) is 0 Å². The fourth-order valence-corrected chi connectivity index (χ4v) is 1.13. The third kappa shape index (κ3) is 12.9. The predicted molar refractivity (Wildman–Crippen MR) is 63.0 cm³/mol. The molecule has 13 heavy (non-hydrogen) atoms. The third-order valence-electron chi connectivity index (χ3n) is 1.27. The molecule has 0 N–H and O–H groups in total. The molecule has 0 fully saturated rings. The fraction of sp³-hybridized carbons (Fsp3) is 1.00. The first-order chi connectivity index (χ1) is 6.13. The van der Waals surface area contributed by atoms with Crippen LogP contribution in [0.3, 0.4) is 0 Å². The fourth-order valence-electron chi connectivity index (χ4n) is 0.755. The minimum atomic E-state index is 0.441. The molecule has 0 aromatic rings. The Kier molecular flexibility index (Phi) is 10.1. The lowest BCUT2D eigenvalue weighted by molar-refractivity contribution is 0.0866. The molecule has 0 radical (unpaired) electrons. The highest BCUT2D eigenvalue weighted by molar-refractivity contribution is 9.09. The van der Waals surface area contributed by atoms with Crippen molar-refractivity contribution >= 4 is 31.9 Å². The summed E-state index contributed by atoms with van der Waals surface area (Å²) in [6.07, 6.45) is 0.972. The second-order valence-electron chi connectivity index (χ2n) is 3.06. The second kappa shape index (κ2) is 9.44. The Bertz CT molecular complexity index is 95.8. The van der Waals surface area contributed by atoms with Gasteiger partial charge >= 0.3 is 0 Å². The lowest BCUT2D eigenvalue weighted by Gasteiger charge is -2.07. The lowest BCUT2D eigenvalue weighted by Crippen LogP contribution is -2.09. The van der Waals surface area contributed by atoms with Gasteiger partial charge in [0.1, 0.15) is 0 Å². The highest BCUT2D eigenvalue weighted by Gasteiger charge is 1.97. The van der Waals surface area contributed by atoms with E-state index in [9.17, 15) is 0 Å². The van der Waals surface area contributed by atoms with E-state index in [-0.39, 0.29) is 0 Å². The topological polar surface area (TPSA) is 18.5 Å². The molecule has 2 atom stereocenters. The van der Waals surface area contributed by atoms with E-state index >= 15 is 0 Å². The first-order valence-corrected chi connectivity index (χ1v) is 6.39. The van der Waals surface area contributed by atoms with Crippen LogP contribution in [0.15, 0.2) is 0 Å². The summed E-state index contributed by atoms with van der Waals surface area (Å²) in [7, 11) is 0. The van der Waals surface area contributed by atoms with Crippen LogP contribution >= 0.6 is 31.9 Å². The highest BCUT2D eigenvalue weighted by Crippen LogP contribution is 1.99. The van der Waals surface area contributed by atoms with Crippen molar-refractivity contribution in [2.45, 2.75) is 29.9 Å². The van der Waals surface area contributed by atoms with Crippen LogP contribution in [-0.4, -0.2) is 36.1 Å². The van der Waals surface area contributed by atoms with E-state index in [1.807, 2.05) is 0 Å². The van der Waals surface area contributed by atoms with Crippen molar-refractivity contribution < 1.29 is 9.47 Å². The van der Waals surface area contributed by atoms with Gasteiger partial charge in [-0.1, -0.05) is 45.7 Å². The summed E-state index contributed by atoms with van der Waals surface area (Å²) in [6, 6.07) is 0. The molecule has 0 amide bonds. The van der Waals surface area contributed by atoms with Crippen molar-refractivity contribution in [1.29, 1.82) is 0 Å². The Hall–Kier alpha value is 0.880. The van der Waals surface area contributed by atoms with Crippen LogP contribution in [0.25, 0.3) is 0 Å². The van der Waals surface area contributed by atoms with Crippen molar-refractivity contribution in [2.24, 2.45) is 0 Å². The zero-order valence-electron chi connectivity index (χ0n) is 8.26. The molecule has 0 spiro atoms. The van der Waals surface area contributed by atoms with E-state index in [1.54, 1.807) is 0 Å². The monoisotopic (exact) mass is 316 g/mol. The molecule has 4 heteroatoms. The first kappa shape index (κ1) is 13.9. The normalized spacial score (nSPS) is 15.7. The van der Waals surface area contributed by atoms with E-state index in [1.165, 1.54) is 0 Å². The van der Waals surface area contributed by atoms with Crippen LogP contribution in [-0.2, 0) is 9.47 Å². The molecule has 0 aliphatic heterocycles. The van der Waals surface area contributed by atoms with E-state index < -0.39 is 0 Å². The van der Waals surface area contributed by atoms with Crippen LogP contribution in [0.1, 0.15) is 20.3 Å². The summed E-state index contributed by atoms with van der Waals surface area (Å²) < 4.78 is 10.7. The zero-order chi connectivity index (χ0) is 10.1. The van der Waals surface area contributed by atoms with Gasteiger partial charge in [-0.25, -0.2) is 0 Å². The second-order valence-corrected chi connectivity index (χ2v) is 6.19. The minimum Gasteiger partial charge on any atom is -0.380 e. The number of halogens is 2. The van der Waals surface area contributed by atoms with Gasteiger partial charge in [-0.05, 0) is 6.42 Å². The van der Waals surface area contributed by atoms with Gasteiger partial charge in [0.15, 0.2) is 0 Å². The van der Waals surface area contributed by atoms with Crippen LogP contribution in [0.2, 0.25) is 0 Å². The van der Waals surface area contributed by atoms with E-state index in [2.05, 4.69) is 45.7 Å². The van der Waals surface area contributed by atoms with Gasteiger partial charge in [0.25, 0.3) is 0 Å². The molecular weight excluding hydrogens is 300 g/mol. The first-order valence-electron chi connectivity index (χ1n) is 4.56. The number of alkyl halides is 2. The van der Waals surface area contributed by atoms with Gasteiger partial charge in [0, 0.05) is 22.9 Å². The van der Waals surface area contributed by atoms with Crippen molar-refractivity contribution in [2.75, 3.05) is 26.4 Å². The van der Waals surface area contributed by atoms with Crippen LogP contribution in [0.5, 0.6) is 0 Å². The summed E-state index contributed by atoms with van der Waals surface area (Å²) in [5.74, 6) is 0. The van der Waals surface area contributed by atoms with E-state index in [4.69, 9.17) is 9.47 Å². The average Bonchev–Trinajstić information content (AvgIpc) is 2.01. The largest absolute Gasteiger partial charge is 0.380 e. The molecule has 2 nitrogen and oxygen atoms in total. The molecule has 2 unspecified atom stereocenters. The number of ether oxygens (including phenoxy) is 2. The summed E-state index contributed by atoms with van der Waals surface area (Å²) in [5.41, 5.74) is 0. The summed E-state index contributed by atoms with van der Waals surface area (Å²) in [4.78, 5) is 0.881. The maximum atomic E-state index is 5.36. The van der Waals surface area contributed by atoms with Crippen molar-refractivity contribution in [1.82, 2.24) is 0 Å². The molecule has 0 aromatic carbocycles. The SMILES string of the molecule is CC(Br)COCCCOCC(C)Br. The predicted octanol–water partition coefficient (Wildman–Crippen LogP) is 2.98. The molecular formula is C9H18Br2O2. The van der Waals surface area contributed by atoms with Crippen molar-refractivity contribution in [3.8, 4) is 0 Å². The lowest BCUT2D eigenvalue weighted by atomic mass is 10.4. The van der Waals surface area contributed by atoms with Crippen LogP contribution in [0.4, 0.5) is 0 Å². The molecule has 0 heterocycles. The molecule has 0 aromatic heterocycles. The summed E-state index contributed by atoms with van der Waals surface area (Å²) >= 11 is 6.83. The molecule has 0 saturated carbocycles. The molecule has 80 valence electrons. The summed E-state index contributed by atoms with van der Waals surface area (Å²) in [5, 5.41) is 0. The maximum Gasteiger partial charge on any atom is 0.0588 e. The highest BCUT2D eigenvalue weighted by atomic mass is 79.9. The standard InChI is InChI=1S/C9H18Br2O2/c1-8(10)6-12-4-3-5-13-7-9(2)11/h8-9H,3-7H2,1-2H3. The van der Waals surface area contributed by atoms with Gasteiger partial charge in [0.2, 0.25) is 0 Å². The van der Waals surface area contributed by atoms with E-state index in [0.29, 0.717) is 9.65 Å². The molecule has 0 bridgehead atoms. The van der Waals surface area contributed by atoms with Gasteiger partial charge in [-0.2, -0.15) is 0 Å². The Morgan fingerprint density at radius 2 is 1.31 bits per heavy atom. The van der Waals surface area contributed by atoms with Gasteiger partial charge in [0.05, 0.1) is 13.2 Å². The van der Waals surface area contributed by atoms with Crippen molar-refractivity contribution in [3.05, 3.63) is 0 Å². The number of hydrogen-bond acceptors (Lipinski definition) is 2. The molecule has 0 saturated heterocycles. The Labute approximate surface area is 97.6 Å². The van der Waals surface area contributed by atoms with E-state index in [0.717, 1.165) is 32.8 Å². The Balaban J connectivity index is 2.92. The van der Waals surface area contributed by atoms with Gasteiger partial charge < -0.3 is 9.47 Å². The Morgan fingerprint density at radius 3 is 1.62 bits per heavy atom. The Morgan fingerprint density at radius 1 is 0.923 bits per heavy atom. The molecule has 0 aliphatic rings. The molecule has 0 rings (SSSR count). The smallest absolute Gasteiger partial charge is 0.0588 e. The van der Waals surface area contributed by atoms with Crippen LogP contribution < -0.4 is 0 Å². The molecule has 0 aliphatic carbocycles. The zero-order valence-corrected chi connectivity index (χ0v) is 11.4. The van der Waals surface area contributed by atoms with Gasteiger partial charge in [-0.3, -0.25) is 0 Å². The summed E-state index contributed by atoms with van der Waals surface area (Å²) in [6.45, 7) is 7.26.